The number of aromatic nitrogens is 1. The number of amides is 1. The van der Waals surface area contributed by atoms with Gasteiger partial charge in [-0.2, -0.15) is 0 Å². The molecule has 2 heterocycles. The van der Waals surface area contributed by atoms with Gasteiger partial charge < -0.3 is 19.4 Å². The number of rotatable bonds is 4. The van der Waals surface area contributed by atoms with Gasteiger partial charge in [0.05, 0.1) is 24.6 Å². The van der Waals surface area contributed by atoms with Crippen LogP contribution in [0, 0.1) is 17.5 Å². The lowest BCUT2D eigenvalue weighted by atomic mass is 9.95. The first kappa shape index (κ1) is 22.7. The highest BCUT2D eigenvalue weighted by Crippen LogP contribution is 2.34. The molecule has 1 aliphatic rings. The molecule has 6 nitrogen and oxygen atoms in total. The van der Waals surface area contributed by atoms with Gasteiger partial charge in [-0.1, -0.05) is 18.2 Å². The lowest BCUT2D eigenvalue weighted by Crippen LogP contribution is -2.37. The fourth-order valence-electron chi connectivity index (χ4n) is 4.26. The minimum absolute atomic E-state index is 0.0245. The molecule has 35 heavy (non-hydrogen) atoms. The zero-order valence-electron chi connectivity index (χ0n) is 18.5. The summed E-state index contributed by atoms with van der Waals surface area (Å²) in [5.41, 5.74) is 0.231. The largest absolute Gasteiger partial charge is 0.457 e. The number of nitrogens with one attached hydrogen (secondary N) is 1. The van der Waals surface area contributed by atoms with Gasteiger partial charge >= 0.3 is 0 Å². The maximum Gasteiger partial charge on any atom is 0.256 e. The molecule has 0 radical (unpaired) electrons. The molecule has 0 saturated carbocycles. The molecule has 4 aromatic rings. The average molecular weight is 480 g/mol. The summed E-state index contributed by atoms with van der Waals surface area (Å²) in [5.74, 6) is -2.86. The van der Waals surface area contributed by atoms with Crippen LogP contribution >= 0.6 is 0 Å². The van der Waals surface area contributed by atoms with Crippen LogP contribution in [0.5, 0.6) is 11.5 Å². The molecule has 0 saturated heterocycles. The minimum Gasteiger partial charge on any atom is -0.457 e. The smallest absolute Gasteiger partial charge is 0.256 e. The van der Waals surface area contributed by atoms with E-state index in [0.717, 1.165) is 18.2 Å². The van der Waals surface area contributed by atoms with E-state index in [9.17, 15) is 22.8 Å². The SMILES string of the molecule is CN(C(=O)c1cc(F)cc(Oc2ccccc2)c1)C1COCc2[nH]c(=O)c3cc(F)c(F)cc3c21. The second-order valence-corrected chi connectivity index (χ2v) is 8.20. The lowest BCUT2D eigenvalue weighted by Gasteiger charge is -2.34. The third-order valence-corrected chi connectivity index (χ3v) is 5.93. The molecule has 1 aliphatic heterocycles. The second kappa shape index (κ2) is 8.92. The van der Waals surface area contributed by atoms with E-state index < -0.39 is 35.0 Å². The number of H-pyrrole nitrogens is 1. The van der Waals surface area contributed by atoms with Gasteiger partial charge in [0.1, 0.15) is 17.3 Å². The highest BCUT2D eigenvalue weighted by molar-refractivity contribution is 5.95. The van der Waals surface area contributed by atoms with Crippen molar-refractivity contribution in [3.63, 3.8) is 0 Å². The Balaban J connectivity index is 1.53. The fraction of sp³-hybridized carbons (Fsp3) is 0.154. The van der Waals surface area contributed by atoms with Crippen LogP contribution in [0.25, 0.3) is 10.8 Å². The Morgan fingerprint density at radius 2 is 1.71 bits per heavy atom. The van der Waals surface area contributed by atoms with Crippen molar-refractivity contribution in [3.05, 3.63) is 105 Å². The van der Waals surface area contributed by atoms with Crippen LogP contribution in [0.4, 0.5) is 13.2 Å². The van der Waals surface area contributed by atoms with Crippen LogP contribution in [0.3, 0.4) is 0 Å². The number of hydrogen-bond acceptors (Lipinski definition) is 4. The Morgan fingerprint density at radius 1 is 1.00 bits per heavy atom. The fourth-order valence-corrected chi connectivity index (χ4v) is 4.26. The summed E-state index contributed by atoms with van der Waals surface area (Å²) in [7, 11) is 1.49. The van der Waals surface area contributed by atoms with Crippen molar-refractivity contribution >= 4 is 16.7 Å². The molecule has 1 aromatic heterocycles. The first-order valence-corrected chi connectivity index (χ1v) is 10.7. The molecule has 0 bridgehead atoms. The van der Waals surface area contributed by atoms with Crippen LogP contribution < -0.4 is 10.3 Å². The summed E-state index contributed by atoms with van der Waals surface area (Å²) >= 11 is 0. The van der Waals surface area contributed by atoms with E-state index in [0.29, 0.717) is 17.0 Å². The van der Waals surface area contributed by atoms with E-state index in [-0.39, 0.29) is 35.3 Å². The first-order chi connectivity index (χ1) is 16.8. The quantitative estimate of drug-likeness (QED) is 0.442. The molecule has 178 valence electrons. The number of para-hydroxylation sites is 1. The zero-order chi connectivity index (χ0) is 24.7. The minimum atomic E-state index is -1.15. The zero-order valence-corrected chi connectivity index (χ0v) is 18.5. The lowest BCUT2D eigenvalue weighted by molar-refractivity contribution is 0.0335. The number of benzene rings is 3. The van der Waals surface area contributed by atoms with Crippen molar-refractivity contribution in [2.45, 2.75) is 12.6 Å². The Bertz CT molecular complexity index is 1500. The highest BCUT2D eigenvalue weighted by atomic mass is 19.2. The number of nitrogens with zero attached hydrogens (tertiary/aromatic N) is 1. The number of fused-ring (bicyclic) bond motifs is 3. The molecule has 9 heteroatoms. The summed E-state index contributed by atoms with van der Waals surface area (Å²) in [6.07, 6.45) is 0. The van der Waals surface area contributed by atoms with Crippen LogP contribution in [-0.2, 0) is 11.3 Å². The Hall–Kier alpha value is -4.11. The van der Waals surface area contributed by atoms with Gasteiger partial charge in [0.25, 0.3) is 11.5 Å². The van der Waals surface area contributed by atoms with Gasteiger partial charge in [0.2, 0.25) is 0 Å². The normalized spacial score (nSPS) is 15.0. The third kappa shape index (κ3) is 4.26. The first-order valence-electron chi connectivity index (χ1n) is 10.7. The van der Waals surface area contributed by atoms with E-state index in [2.05, 4.69) is 4.98 Å². The number of ether oxygens (including phenoxy) is 2. The van der Waals surface area contributed by atoms with Crippen molar-refractivity contribution < 1.29 is 27.4 Å². The summed E-state index contributed by atoms with van der Waals surface area (Å²) in [6, 6.07) is 13.4. The average Bonchev–Trinajstić information content (AvgIpc) is 2.84. The number of hydrogen-bond donors (Lipinski definition) is 1. The Morgan fingerprint density at radius 3 is 2.46 bits per heavy atom. The molecule has 1 amide bonds. The standard InChI is InChI=1S/C26H19F3N2O4/c1-31(26(33)14-7-15(27)9-17(8-14)35-16-5-3-2-4-6-16)23-13-34-12-22-24(23)18-10-20(28)21(29)11-19(18)25(32)30-22/h2-11,23H,12-13H2,1H3,(H,30,32). The van der Waals surface area contributed by atoms with E-state index in [1.54, 1.807) is 24.3 Å². The summed E-state index contributed by atoms with van der Waals surface area (Å²) in [5, 5.41) is 0.141. The number of carbonyl (C=O) groups excluding carboxylic acids is 1. The van der Waals surface area contributed by atoms with Crippen molar-refractivity contribution in [2.75, 3.05) is 13.7 Å². The molecule has 5 rings (SSSR count). The molecular weight excluding hydrogens is 461 g/mol. The van der Waals surface area contributed by atoms with Gasteiger partial charge in [-0.05, 0) is 41.8 Å². The number of aromatic amines is 1. The topological polar surface area (TPSA) is 71.6 Å². The monoisotopic (exact) mass is 480 g/mol. The van der Waals surface area contributed by atoms with E-state index >= 15 is 0 Å². The summed E-state index contributed by atoms with van der Waals surface area (Å²) < 4.78 is 53.6. The van der Waals surface area contributed by atoms with Gasteiger partial charge in [-0.15, -0.1) is 0 Å². The second-order valence-electron chi connectivity index (χ2n) is 8.20. The third-order valence-electron chi connectivity index (χ3n) is 5.93. The molecule has 1 N–H and O–H groups in total. The van der Waals surface area contributed by atoms with Crippen LogP contribution in [0.2, 0.25) is 0 Å². The van der Waals surface area contributed by atoms with Gasteiger partial charge in [-0.25, -0.2) is 13.2 Å². The molecular formula is C26H19F3N2O4. The number of pyridine rings is 1. The predicted octanol–water partition coefficient (Wildman–Crippen LogP) is 5.08. The summed E-state index contributed by atoms with van der Waals surface area (Å²) in [6.45, 7) is 0.0745. The number of likely N-dealkylation sites (N-methyl/N-ethyl adjacent to an activating group) is 1. The van der Waals surface area contributed by atoms with Gasteiger partial charge in [-0.3, -0.25) is 9.59 Å². The molecule has 1 unspecified atom stereocenters. The van der Waals surface area contributed by atoms with Crippen molar-refractivity contribution in [3.8, 4) is 11.5 Å². The maximum absolute atomic E-state index is 14.4. The van der Waals surface area contributed by atoms with Gasteiger partial charge in [0.15, 0.2) is 11.6 Å². The highest BCUT2D eigenvalue weighted by Gasteiger charge is 2.31. The van der Waals surface area contributed by atoms with Crippen molar-refractivity contribution in [2.24, 2.45) is 0 Å². The van der Waals surface area contributed by atoms with Gasteiger partial charge in [0, 0.05) is 29.9 Å². The molecule has 0 aliphatic carbocycles. The van der Waals surface area contributed by atoms with Crippen LogP contribution in [0.15, 0.2) is 65.5 Å². The Kier molecular flexibility index (Phi) is 5.78. The molecule has 3 aromatic carbocycles. The molecule has 0 spiro atoms. The van der Waals surface area contributed by atoms with Crippen LogP contribution in [0.1, 0.15) is 27.7 Å². The number of carbonyl (C=O) groups is 1. The molecule has 0 fully saturated rings. The van der Waals surface area contributed by atoms with Crippen molar-refractivity contribution in [1.82, 2.24) is 9.88 Å². The van der Waals surface area contributed by atoms with E-state index in [4.69, 9.17) is 9.47 Å². The molecule has 1 atom stereocenters. The van der Waals surface area contributed by atoms with Crippen LogP contribution in [-0.4, -0.2) is 29.4 Å². The maximum atomic E-state index is 14.4. The Labute approximate surface area is 197 Å². The van der Waals surface area contributed by atoms with Crippen molar-refractivity contribution in [1.29, 1.82) is 0 Å². The summed E-state index contributed by atoms with van der Waals surface area (Å²) in [4.78, 5) is 29.8. The van der Waals surface area contributed by atoms with E-state index in [1.165, 1.54) is 24.1 Å². The number of halogens is 3. The van der Waals surface area contributed by atoms with E-state index in [1.807, 2.05) is 6.07 Å². The predicted molar refractivity (Wildman–Crippen MR) is 122 cm³/mol.